The van der Waals surface area contributed by atoms with Gasteiger partial charge in [-0.3, -0.25) is 4.21 Å². The fraction of sp³-hybridized carbons (Fsp3) is 0.294. The smallest absolute Gasteiger partial charge is 0.315 e. The fourth-order valence-corrected chi connectivity index (χ4v) is 2.96. The number of pyridine rings is 1. The summed E-state index contributed by atoms with van der Waals surface area (Å²) in [5.41, 5.74) is 0.920. The SMILES string of the molecule is CN(C)c1ccc(CNC(=O)NCC[S@](=O)c2ccccc2)cn1. The van der Waals surface area contributed by atoms with Crippen LogP contribution in [0.25, 0.3) is 0 Å². The van der Waals surface area contributed by atoms with Crippen molar-refractivity contribution in [2.75, 3.05) is 31.3 Å². The van der Waals surface area contributed by atoms with Gasteiger partial charge in [-0.15, -0.1) is 0 Å². The lowest BCUT2D eigenvalue weighted by molar-refractivity contribution is 0.241. The molecule has 2 amide bonds. The van der Waals surface area contributed by atoms with E-state index in [1.54, 1.807) is 6.20 Å². The molecule has 1 aromatic carbocycles. The molecule has 0 bridgehead atoms. The Bertz CT molecular complexity index is 675. The summed E-state index contributed by atoms with van der Waals surface area (Å²) in [6, 6.07) is 12.8. The number of hydrogen-bond acceptors (Lipinski definition) is 4. The normalized spacial score (nSPS) is 11.6. The van der Waals surface area contributed by atoms with Crippen molar-refractivity contribution in [1.29, 1.82) is 0 Å². The van der Waals surface area contributed by atoms with Gasteiger partial charge in [0.2, 0.25) is 0 Å². The first-order valence-corrected chi connectivity index (χ1v) is 8.95. The summed E-state index contributed by atoms with van der Waals surface area (Å²) in [7, 11) is 2.74. The van der Waals surface area contributed by atoms with Crippen molar-refractivity contribution in [2.45, 2.75) is 11.4 Å². The van der Waals surface area contributed by atoms with Crippen LogP contribution in [0.5, 0.6) is 0 Å². The van der Waals surface area contributed by atoms with Gasteiger partial charge in [0.05, 0.1) is 10.8 Å². The van der Waals surface area contributed by atoms with E-state index in [1.807, 2.05) is 61.5 Å². The van der Waals surface area contributed by atoms with E-state index in [9.17, 15) is 9.00 Å². The third-order valence-corrected chi connectivity index (χ3v) is 4.67. The van der Waals surface area contributed by atoms with Crippen molar-refractivity contribution in [3.05, 3.63) is 54.2 Å². The molecule has 0 fully saturated rings. The highest BCUT2D eigenvalue weighted by Gasteiger charge is 2.05. The number of hydrogen-bond donors (Lipinski definition) is 2. The van der Waals surface area contributed by atoms with Crippen LogP contribution in [0.15, 0.2) is 53.6 Å². The molecule has 0 saturated carbocycles. The van der Waals surface area contributed by atoms with Gasteiger partial charge in [-0.1, -0.05) is 24.3 Å². The van der Waals surface area contributed by atoms with Crippen molar-refractivity contribution < 1.29 is 9.00 Å². The van der Waals surface area contributed by atoms with Crippen LogP contribution in [0, 0.1) is 0 Å². The van der Waals surface area contributed by atoms with E-state index in [0.29, 0.717) is 18.8 Å². The number of carbonyl (C=O) groups excluding carboxylic acids is 1. The Morgan fingerprint density at radius 3 is 2.50 bits per heavy atom. The van der Waals surface area contributed by atoms with E-state index < -0.39 is 10.8 Å². The second kappa shape index (κ2) is 9.02. The van der Waals surface area contributed by atoms with Crippen LogP contribution < -0.4 is 15.5 Å². The number of aromatic nitrogens is 1. The maximum Gasteiger partial charge on any atom is 0.315 e. The maximum absolute atomic E-state index is 12.0. The number of benzene rings is 1. The molecular formula is C17H22N4O2S. The lowest BCUT2D eigenvalue weighted by Crippen LogP contribution is -2.37. The van der Waals surface area contributed by atoms with Crippen LogP contribution in [0.1, 0.15) is 5.56 Å². The van der Waals surface area contributed by atoms with E-state index in [4.69, 9.17) is 0 Å². The molecule has 24 heavy (non-hydrogen) atoms. The fourth-order valence-electron chi connectivity index (χ4n) is 1.98. The van der Waals surface area contributed by atoms with Gasteiger partial charge in [-0.25, -0.2) is 9.78 Å². The molecule has 6 nitrogen and oxygen atoms in total. The first-order valence-electron chi connectivity index (χ1n) is 7.63. The van der Waals surface area contributed by atoms with Crippen LogP contribution in [-0.4, -0.2) is 41.6 Å². The average molecular weight is 346 g/mol. The van der Waals surface area contributed by atoms with Gasteiger partial charge in [0.25, 0.3) is 0 Å². The molecule has 0 unspecified atom stereocenters. The third-order valence-electron chi connectivity index (χ3n) is 3.30. The molecular weight excluding hydrogens is 324 g/mol. The van der Waals surface area contributed by atoms with Crippen molar-refractivity contribution in [2.24, 2.45) is 0 Å². The molecule has 0 aliphatic heterocycles. The van der Waals surface area contributed by atoms with Gasteiger partial charge in [0.1, 0.15) is 5.82 Å². The van der Waals surface area contributed by atoms with Gasteiger partial charge in [-0.05, 0) is 23.8 Å². The lowest BCUT2D eigenvalue weighted by Gasteiger charge is -2.12. The molecule has 0 radical (unpaired) electrons. The largest absolute Gasteiger partial charge is 0.363 e. The highest BCUT2D eigenvalue weighted by Crippen LogP contribution is 2.07. The van der Waals surface area contributed by atoms with E-state index >= 15 is 0 Å². The second-order valence-corrected chi connectivity index (χ2v) is 6.96. The summed E-state index contributed by atoms with van der Waals surface area (Å²) >= 11 is 0. The molecule has 1 aromatic heterocycles. The molecule has 0 aliphatic rings. The monoisotopic (exact) mass is 346 g/mol. The average Bonchev–Trinajstić information content (AvgIpc) is 2.61. The van der Waals surface area contributed by atoms with Gasteiger partial charge < -0.3 is 15.5 Å². The van der Waals surface area contributed by atoms with Gasteiger partial charge in [-0.2, -0.15) is 0 Å². The Hall–Kier alpha value is -2.41. The number of nitrogens with zero attached hydrogens (tertiary/aromatic N) is 2. The Kier molecular flexibility index (Phi) is 6.74. The zero-order valence-electron chi connectivity index (χ0n) is 13.9. The molecule has 128 valence electrons. The number of carbonyl (C=O) groups is 1. The van der Waals surface area contributed by atoms with E-state index in [1.165, 1.54) is 0 Å². The Labute approximate surface area is 144 Å². The minimum absolute atomic E-state index is 0.281. The minimum Gasteiger partial charge on any atom is -0.363 e. The number of rotatable bonds is 7. The van der Waals surface area contributed by atoms with Crippen LogP contribution in [0.2, 0.25) is 0 Å². The van der Waals surface area contributed by atoms with Crippen LogP contribution in [-0.2, 0) is 17.3 Å². The molecule has 2 aromatic rings. The van der Waals surface area contributed by atoms with Gasteiger partial charge in [0, 0.05) is 44.0 Å². The van der Waals surface area contributed by atoms with Crippen LogP contribution in [0.4, 0.5) is 10.6 Å². The Morgan fingerprint density at radius 2 is 1.88 bits per heavy atom. The topological polar surface area (TPSA) is 74.3 Å². The summed E-state index contributed by atoms with van der Waals surface area (Å²) in [4.78, 5) is 18.7. The summed E-state index contributed by atoms with van der Waals surface area (Å²) in [5, 5.41) is 5.47. The summed E-state index contributed by atoms with van der Waals surface area (Å²) < 4.78 is 12.0. The van der Waals surface area contributed by atoms with E-state index in [-0.39, 0.29) is 6.03 Å². The molecule has 2 rings (SSSR count). The van der Waals surface area contributed by atoms with Crippen molar-refractivity contribution in [1.82, 2.24) is 15.6 Å². The number of amides is 2. The molecule has 0 saturated heterocycles. The van der Waals surface area contributed by atoms with Crippen molar-refractivity contribution in [3.8, 4) is 0 Å². The zero-order chi connectivity index (χ0) is 17.4. The third kappa shape index (κ3) is 5.66. The molecule has 0 aliphatic carbocycles. The Balaban J connectivity index is 1.69. The lowest BCUT2D eigenvalue weighted by atomic mass is 10.3. The first-order chi connectivity index (χ1) is 11.6. The second-order valence-electron chi connectivity index (χ2n) is 5.39. The number of urea groups is 1. The van der Waals surface area contributed by atoms with Gasteiger partial charge >= 0.3 is 6.03 Å². The predicted molar refractivity (Wildman–Crippen MR) is 96.5 cm³/mol. The standard InChI is InChI=1S/C17H22N4O2S/c1-21(2)16-9-8-14(12-19-16)13-20-17(22)18-10-11-24(23)15-6-4-3-5-7-15/h3-9,12H,10-11,13H2,1-2H3,(H2,18,20,22)/t24-/m0/s1. The molecule has 7 heteroatoms. The highest BCUT2D eigenvalue weighted by molar-refractivity contribution is 7.85. The summed E-state index contributed by atoms with van der Waals surface area (Å²) in [5.74, 6) is 1.25. The van der Waals surface area contributed by atoms with Crippen molar-refractivity contribution in [3.63, 3.8) is 0 Å². The predicted octanol–water partition coefficient (Wildman–Crippen LogP) is 1.75. The summed E-state index contributed by atoms with van der Waals surface area (Å²) in [6.45, 7) is 0.749. The quantitative estimate of drug-likeness (QED) is 0.801. The molecule has 1 heterocycles. The number of nitrogens with one attached hydrogen (secondary N) is 2. The molecule has 1 atom stereocenters. The number of anilines is 1. The van der Waals surface area contributed by atoms with Crippen LogP contribution >= 0.6 is 0 Å². The van der Waals surface area contributed by atoms with Crippen molar-refractivity contribution >= 4 is 22.6 Å². The molecule has 2 N–H and O–H groups in total. The van der Waals surface area contributed by atoms with Gasteiger partial charge in [0.15, 0.2) is 0 Å². The zero-order valence-corrected chi connectivity index (χ0v) is 14.7. The van der Waals surface area contributed by atoms with E-state index in [2.05, 4.69) is 15.6 Å². The van der Waals surface area contributed by atoms with Crippen LogP contribution in [0.3, 0.4) is 0 Å². The molecule has 0 spiro atoms. The van der Waals surface area contributed by atoms with E-state index in [0.717, 1.165) is 16.3 Å². The minimum atomic E-state index is -1.10. The maximum atomic E-state index is 12.0. The Morgan fingerprint density at radius 1 is 1.12 bits per heavy atom. The highest BCUT2D eigenvalue weighted by atomic mass is 32.2. The first kappa shape index (κ1) is 17.9. The summed E-state index contributed by atoms with van der Waals surface area (Å²) in [6.07, 6.45) is 1.74.